The summed E-state index contributed by atoms with van der Waals surface area (Å²) in [5.74, 6) is 0.952. The van der Waals surface area contributed by atoms with Crippen molar-refractivity contribution in [1.29, 1.82) is 0 Å². The minimum absolute atomic E-state index is 0.120. The third kappa shape index (κ3) is 5.60. The maximum atomic E-state index is 15.0. The lowest BCUT2D eigenvalue weighted by Crippen LogP contribution is -2.30. The summed E-state index contributed by atoms with van der Waals surface area (Å²) < 4.78 is 68.3. The Morgan fingerprint density at radius 3 is 2.09 bits per heavy atom. The average Bonchev–Trinajstić information content (AvgIpc) is 2.78. The number of alkyl halides is 3. The molecule has 0 spiro atoms. The van der Waals surface area contributed by atoms with Gasteiger partial charge in [0.25, 0.3) is 0 Å². The largest absolute Gasteiger partial charge is 0.416 e. The van der Waals surface area contributed by atoms with Crippen LogP contribution in [0.2, 0.25) is 0 Å². The molecule has 0 radical (unpaired) electrons. The molecule has 2 aromatic rings. The van der Waals surface area contributed by atoms with E-state index in [2.05, 4.69) is 6.92 Å². The quantitative estimate of drug-likeness (QED) is 0.295. The van der Waals surface area contributed by atoms with Crippen molar-refractivity contribution < 1.29 is 22.0 Å². The molecule has 5 heteroatoms. The van der Waals surface area contributed by atoms with Gasteiger partial charge in [0.05, 0.1) is 11.1 Å². The maximum Gasteiger partial charge on any atom is 0.416 e. The number of hydrogen-bond donors (Lipinski definition) is 0. The molecule has 2 saturated carbocycles. The van der Waals surface area contributed by atoms with Crippen molar-refractivity contribution in [2.75, 3.05) is 0 Å². The summed E-state index contributed by atoms with van der Waals surface area (Å²) in [7, 11) is 0. The Labute approximate surface area is 193 Å². The van der Waals surface area contributed by atoms with E-state index in [4.69, 9.17) is 0 Å². The van der Waals surface area contributed by atoms with Crippen LogP contribution >= 0.6 is 0 Å². The Morgan fingerprint density at radius 2 is 1.45 bits per heavy atom. The number of rotatable bonds is 6. The van der Waals surface area contributed by atoms with E-state index in [0.717, 1.165) is 55.4 Å². The molecule has 0 bridgehead atoms. The van der Waals surface area contributed by atoms with E-state index in [1.165, 1.54) is 57.1 Å². The highest BCUT2D eigenvalue weighted by Gasteiger charge is 2.36. The van der Waals surface area contributed by atoms with Crippen LogP contribution in [-0.2, 0) is 6.18 Å². The van der Waals surface area contributed by atoms with Crippen LogP contribution in [0.5, 0.6) is 0 Å². The van der Waals surface area contributed by atoms with Crippen molar-refractivity contribution >= 4 is 0 Å². The Hall–Kier alpha value is -1.91. The van der Waals surface area contributed by atoms with Crippen molar-refractivity contribution in [1.82, 2.24) is 0 Å². The molecular weight excluding hydrogens is 431 g/mol. The van der Waals surface area contributed by atoms with Gasteiger partial charge in [0, 0.05) is 0 Å². The van der Waals surface area contributed by atoms with Crippen LogP contribution in [0.4, 0.5) is 22.0 Å². The fourth-order valence-electron chi connectivity index (χ4n) is 6.16. The van der Waals surface area contributed by atoms with Crippen LogP contribution in [0.15, 0.2) is 36.4 Å². The molecule has 33 heavy (non-hydrogen) atoms. The van der Waals surface area contributed by atoms with E-state index in [1.54, 1.807) is 0 Å². The van der Waals surface area contributed by atoms with Crippen LogP contribution in [0.1, 0.15) is 88.2 Å². The van der Waals surface area contributed by atoms with Crippen molar-refractivity contribution in [3.63, 3.8) is 0 Å². The van der Waals surface area contributed by atoms with E-state index < -0.39 is 23.4 Å². The molecule has 1 unspecified atom stereocenters. The smallest absolute Gasteiger partial charge is 0.206 e. The van der Waals surface area contributed by atoms with E-state index in [1.807, 2.05) is 0 Å². The number of fused-ring (bicyclic) bond motifs is 1. The first-order chi connectivity index (χ1) is 15.8. The van der Waals surface area contributed by atoms with Crippen molar-refractivity contribution in [3.8, 4) is 11.1 Å². The molecule has 0 aliphatic heterocycles. The molecule has 2 aliphatic rings. The van der Waals surface area contributed by atoms with Gasteiger partial charge < -0.3 is 0 Å². The fourth-order valence-corrected chi connectivity index (χ4v) is 6.16. The zero-order valence-electron chi connectivity index (χ0n) is 19.2. The van der Waals surface area contributed by atoms with Crippen LogP contribution in [0.3, 0.4) is 0 Å². The summed E-state index contributed by atoms with van der Waals surface area (Å²) in [5, 5.41) is 0. The number of hydrogen-bond acceptors (Lipinski definition) is 0. The lowest BCUT2D eigenvalue weighted by atomic mass is 9.63. The van der Waals surface area contributed by atoms with Gasteiger partial charge >= 0.3 is 6.18 Å². The standard InChI is InChI=1S/C28H33F5/c1-2-3-4-5-18-6-7-21-15-22(9-8-20(21)14-18)23-16-25(29)27(26(30)17-23)19-10-12-24(13-11-19)28(31,32)33/h10-13,16-18,20-22H,2-9,14-15H2,1H3/t18?,20-,21-,22-/m1/s1. The molecule has 0 amide bonds. The molecule has 0 N–H and O–H groups in total. The molecule has 2 aliphatic carbocycles. The van der Waals surface area contributed by atoms with Gasteiger partial charge in [-0.05, 0) is 91.2 Å². The summed E-state index contributed by atoms with van der Waals surface area (Å²) in [6.45, 7) is 2.24. The van der Waals surface area contributed by atoms with Crippen LogP contribution in [0.25, 0.3) is 11.1 Å². The van der Waals surface area contributed by atoms with Crippen molar-refractivity contribution in [3.05, 3.63) is 59.2 Å². The lowest BCUT2D eigenvalue weighted by molar-refractivity contribution is -0.137. The third-order valence-electron chi connectivity index (χ3n) is 7.97. The average molecular weight is 465 g/mol. The minimum Gasteiger partial charge on any atom is -0.206 e. The van der Waals surface area contributed by atoms with Gasteiger partial charge in [0.2, 0.25) is 0 Å². The normalized spacial score (nSPS) is 25.6. The molecule has 0 saturated heterocycles. The second-order valence-corrected chi connectivity index (χ2v) is 10.1. The van der Waals surface area contributed by atoms with Gasteiger partial charge in [-0.2, -0.15) is 13.2 Å². The third-order valence-corrected chi connectivity index (χ3v) is 7.97. The molecular formula is C28H33F5. The Bertz CT molecular complexity index is 907. The second-order valence-electron chi connectivity index (χ2n) is 10.1. The fraction of sp³-hybridized carbons (Fsp3) is 0.571. The molecule has 4 rings (SSSR count). The second kappa shape index (κ2) is 10.1. The number of unbranched alkanes of at least 4 members (excludes halogenated alkanes) is 2. The summed E-state index contributed by atoms with van der Waals surface area (Å²) >= 11 is 0. The molecule has 2 fully saturated rings. The van der Waals surface area contributed by atoms with Crippen LogP contribution < -0.4 is 0 Å². The van der Waals surface area contributed by atoms with Gasteiger partial charge in [0.15, 0.2) is 0 Å². The number of halogens is 5. The molecule has 180 valence electrons. The minimum atomic E-state index is -4.48. The first-order valence-electron chi connectivity index (χ1n) is 12.4. The van der Waals surface area contributed by atoms with Crippen molar-refractivity contribution in [2.24, 2.45) is 17.8 Å². The Morgan fingerprint density at radius 1 is 0.818 bits per heavy atom. The van der Waals surface area contributed by atoms with E-state index in [0.29, 0.717) is 11.5 Å². The van der Waals surface area contributed by atoms with Crippen LogP contribution in [0, 0.1) is 29.4 Å². The summed E-state index contributed by atoms with van der Waals surface area (Å²) in [6.07, 6.45) is 7.57. The predicted octanol–water partition coefficient (Wildman–Crippen LogP) is 9.53. The van der Waals surface area contributed by atoms with Gasteiger partial charge in [0.1, 0.15) is 11.6 Å². The maximum absolute atomic E-state index is 15.0. The van der Waals surface area contributed by atoms with E-state index in [-0.39, 0.29) is 17.0 Å². The number of benzene rings is 2. The molecule has 0 nitrogen and oxygen atoms in total. The van der Waals surface area contributed by atoms with E-state index >= 15 is 0 Å². The highest BCUT2D eigenvalue weighted by atomic mass is 19.4. The van der Waals surface area contributed by atoms with Crippen LogP contribution in [-0.4, -0.2) is 0 Å². The predicted molar refractivity (Wildman–Crippen MR) is 122 cm³/mol. The summed E-state index contributed by atoms with van der Waals surface area (Å²) in [4.78, 5) is 0. The molecule has 0 heterocycles. The van der Waals surface area contributed by atoms with Crippen molar-refractivity contribution in [2.45, 2.75) is 83.2 Å². The van der Waals surface area contributed by atoms with Gasteiger partial charge in [-0.1, -0.05) is 51.2 Å². The van der Waals surface area contributed by atoms with Gasteiger partial charge in [-0.3, -0.25) is 0 Å². The SMILES string of the molecule is CCCCCC1CC[C@@H]2C[C@H](c3cc(F)c(-c4ccc(C(F)(F)F)cc4)c(F)c3)CC[C@@H]2C1. The summed E-state index contributed by atoms with van der Waals surface area (Å²) in [6, 6.07) is 6.79. The summed E-state index contributed by atoms with van der Waals surface area (Å²) in [5.41, 5.74) is -0.284. The zero-order chi connectivity index (χ0) is 23.6. The van der Waals surface area contributed by atoms with Gasteiger partial charge in [-0.15, -0.1) is 0 Å². The lowest BCUT2D eigenvalue weighted by Gasteiger charge is -2.42. The monoisotopic (exact) mass is 464 g/mol. The molecule has 0 aromatic heterocycles. The molecule has 2 aromatic carbocycles. The van der Waals surface area contributed by atoms with Gasteiger partial charge in [-0.25, -0.2) is 8.78 Å². The Balaban J connectivity index is 1.44. The topological polar surface area (TPSA) is 0 Å². The molecule has 4 atom stereocenters. The highest BCUT2D eigenvalue weighted by molar-refractivity contribution is 5.66. The van der Waals surface area contributed by atoms with E-state index in [9.17, 15) is 22.0 Å². The first kappa shape index (κ1) is 24.2. The zero-order valence-corrected chi connectivity index (χ0v) is 19.2. The Kier molecular flexibility index (Phi) is 7.45. The first-order valence-corrected chi connectivity index (χ1v) is 12.4. The highest BCUT2D eigenvalue weighted by Crippen LogP contribution is 2.49.